The number of nitrogens with zero attached hydrogens (tertiary/aromatic N) is 1. The molecule has 1 atom stereocenters. The number of amides is 2. The highest BCUT2D eigenvalue weighted by Gasteiger charge is 2.29. The number of carbonyl (C=O) groups excluding carboxylic acids is 2. The molecule has 0 aliphatic carbocycles. The van der Waals surface area contributed by atoms with Crippen molar-refractivity contribution in [3.05, 3.63) is 0 Å². The number of hydrogen-bond donors (Lipinski definition) is 1. The number of thiocarbonyl (C=S) groups is 1. The summed E-state index contributed by atoms with van der Waals surface area (Å²) in [6.07, 6.45) is 0.0997. The molecule has 4 nitrogen and oxygen atoms in total. The topological polar surface area (TPSA) is 58.5 Å². The van der Waals surface area contributed by atoms with Crippen molar-refractivity contribution in [3.8, 4) is 0 Å². The number of carbonyl (C=O) groups is 2. The maximum absolute atomic E-state index is 10.7. The molecule has 1 unspecified atom stereocenters. The van der Waals surface area contributed by atoms with Crippen molar-refractivity contribution >= 4 is 29.2 Å². The molecule has 10 heavy (non-hydrogen) atoms. The van der Waals surface area contributed by atoms with Gasteiger partial charge in [-0.1, -0.05) is 0 Å². The zero-order valence-corrected chi connectivity index (χ0v) is 5.77. The Balaban J connectivity index is 2.72. The Hall–Kier alpha value is -1.06. The van der Waals surface area contributed by atoms with Gasteiger partial charge < -0.3 is 0 Å². The molecule has 1 aliphatic rings. The van der Waals surface area contributed by atoms with E-state index in [0.717, 1.165) is 0 Å². The summed E-state index contributed by atoms with van der Waals surface area (Å²) < 4.78 is 0. The lowest BCUT2D eigenvalue weighted by Gasteiger charge is -1.90. The molecule has 1 fully saturated rings. The number of imide groups is 1. The number of rotatable bonds is 1. The van der Waals surface area contributed by atoms with Gasteiger partial charge in [0, 0.05) is 0 Å². The van der Waals surface area contributed by atoms with Crippen LogP contribution in [0.5, 0.6) is 0 Å². The van der Waals surface area contributed by atoms with Crippen LogP contribution in [-0.4, -0.2) is 23.0 Å². The molecule has 1 rings (SSSR count). The monoisotopic (exact) mass is 156 g/mol. The zero-order valence-electron chi connectivity index (χ0n) is 4.96. The normalized spacial score (nSPS) is 23.8. The summed E-state index contributed by atoms with van der Waals surface area (Å²) in [5.74, 6) is -0.689. The molecule has 1 saturated heterocycles. The fourth-order valence-electron chi connectivity index (χ4n) is 0.708. The van der Waals surface area contributed by atoms with Crippen LogP contribution in [0.1, 0.15) is 6.42 Å². The Labute approximate surface area is 62.3 Å². The average molecular weight is 156 g/mol. The van der Waals surface area contributed by atoms with Gasteiger partial charge in [-0.3, -0.25) is 14.9 Å². The summed E-state index contributed by atoms with van der Waals surface area (Å²) in [7, 11) is 0. The molecule has 2 amide bonds. The van der Waals surface area contributed by atoms with E-state index in [1.54, 1.807) is 0 Å². The Morgan fingerprint density at radius 3 is 2.80 bits per heavy atom. The number of isothiocyanates is 1. The third kappa shape index (κ3) is 1.26. The largest absolute Gasteiger partial charge is 0.294 e. The van der Waals surface area contributed by atoms with Crippen molar-refractivity contribution in [1.29, 1.82) is 0 Å². The first-order valence-corrected chi connectivity index (χ1v) is 3.05. The van der Waals surface area contributed by atoms with Crippen LogP contribution in [0.2, 0.25) is 0 Å². The van der Waals surface area contributed by atoms with Crippen LogP contribution in [0.4, 0.5) is 0 Å². The van der Waals surface area contributed by atoms with E-state index < -0.39 is 6.04 Å². The van der Waals surface area contributed by atoms with E-state index in [2.05, 4.69) is 27.7 Å². The molecule has 5 heteroatoms. The quantitative estimate of drug-likeness (QED) is 0.316. The maximum atomic E-state index is 10.7. The summed E-state index contributed by atoms with van der Waals surface area (Å²) >= 11 is 4.27. The zero-order chi connectivity index (χ0) is 7.56. The van der Waals surface area contributed by atoms with E-state index in [-0.39, 0.29) is 18.2 Å². The minimum absolute atomic E-state index is 0.0997. The minimum Gasteiger partial charge on any atom is -0.294 e. The molecule has 52 valence electrons. The lowest BCUT2D eigenvalue weighted by molar-refractivity contribution is -0.125. The molecular formula is C5H4N2O2S. The molecular weight excluding hydrogens is 152 g/mol. The Kier molecular flexibility index (Phi) is 1.89. The standard InChI is InChI=1S/C5H4N2O2S/c8-4-1-3(6-2-10)5(9)7-4/h3H,1H2,(H,7,8,9). The second-order valence-electron chi connectivity index (χ2n) is 1.85. The van der Waals surface area contributed by atoms with Gasteiger partial charge >= 0.3 is 0 Å². The molecule has 1 N–H and O–H groups in total. The lowest BCUT2D eigenvalue weighted by atomic mass is 10.3. The first kappa shape index (κ1) is 7.05. The molecule has 1 heterocycles. The van der Waals surface area contributed by atoms with Crippen LogP contribution < -0.4 is 5.32 Å². The average Bonchev–Trinajstić information content (AvgIpc) is 2.13. The van der Waals surface area contributed by atoms with E-state index in [4.69, 9.17) is 0 Å². The predicted octanol–water partition coefficient (Wildman–Crippen LogP) is -0.496. The van der Waals surface area contributed by atoms with E-state index in [0.29, 0.717) is 0 Å². The second kappa shape index (κ2) is 2.68. The maximum Gasteiger partial charge on any atom is 0.252 e. The smallest absolute Gasteiger partial charge is 0.252 e. The van der Waals surface area contributed by atoms with Gasteiger partial charge in [-0.2, -0.15) is 0 Å². The van der Waals surface area contributed by atoms with E-state index in [9.17, 15) is 9.59 Å². The van der Waals surface area contributed by atoms with Gasteiger partial charge in [-0.05, 0) is 12.2 Å². The summed E-state index contributed by atoms with van der Waals surface area (Å²) in [5.41, 5.74) is 0. The van der Waals surface area contributed by atoms with Gasteiger partial charge in [0.25, 0.3) is 5.91 Å². The molecule has 0 spiro atoms. The number of hydrogen-bond acceptors (Lipinski definition) is 4. The van der Waals surface area contributed by atoms with Crippen molar-refractivity contribution in [2.24, 2.45) is 4.99 Å². The predicted molar refractivity (Wildman–Crippen MR) is 36.6 cm³/mol. The minimum atomic E-state index is -0.634. The number of aliphatic imine (C=N–C) groups is 1. The number of nitrogens with one attached hydrogen (secondary N) is 1. The van der Waals surface area contributed by atoms with E-state index in [1.165, 1.54) is 0 Å². The van der Waals surface area contributed by atoms with Crippen molar-refractivity contribution in [2.75, 3.05) is 0 Å². The molecule has 0 bridgehead atoms. The first-order chi connectivity index (χ1) is 4.74. The summed E-state index contributed by atoms with van der Waals surface area (Å²) in [6, 6.07) is -0.634. The van der Waals surface area contributed by atoms with Crippen LogP contribution >= 0.6 is 12.2 Å². The van der Waals surface area contributed by atoms with Crippen molar-refractivity contribution in [3.63, 3.8) is 0 Å². The van der Waals surface area contributed by atoms with Gasteiger partial charge in [-0.25, -0.2) is 4.99 Å². The lowest BCUT2D eigenvalue weighted by Crippen LogP contribution is -2.23. The van der Waals surface area contributed by atoms with E-state index in [1.807, 2.05) is 0 Å². The van der Waals surface area contributed by atoms with E-state index >= 15 is 0 Å². The Morgan fingerprint density at radius 1 is 1.70 bits per heavy atom. The summed E-state index contributed by atoms with van der Waals surface area (Å²) in [4.78, 5) is 24.6. The molecule has 1 aliphatic heterocycles. The van der Waals surface area contributed by atoms with Crippen molar-refractivity contribution < 1.29 is 9.59 Å². The molecule has 0 radical (unpaired) electrons. The van der Waals surface area contributed by atoms with Crippen LogP contribution in [0.3, 0.4) is 0 Å². The highest BCUT2D eigenvalue weighted by Crippen LogP contribution is 2.04. The fourth-order valence-corrected chi connectivity index (χ4v) is 0.835. The first-order valence-electron chi connectivity index (χ1n) is 2.64. The van der Waals surface area contributed by atoms with Crippen LogP contribution in [0.15, 0.2) is 4.99 Å². The summed E-state index contributed by atoms with van der Waals surface area (Å²) in [6.45, 7) is 0. The van der Waals surface area contributed by atoms with Gasteiger partial charge in [0.2, 0.25) is 5.91 Å². The highest BCUT2D eigenvalue weighted by molar-refractivity contribution is 7.78. The highest BCUT2D eigenvalue weighted by atomic mass is 32.1. The molecule has 0 saturated carbocycles. The van der Waals surface area contributed by atoms with Gasteiger partial charge in [-0.15, -0.1) is 0 Å². The van der Waals surface area contributed by atoms with Crippen molar-refractivity contribution in [2.45, 2.75) is 12.5 Å². The van der Waals surface area contributed by atoms with Crippen LogP contribution in [0.25, 0.3) is 0 Å². The van der Waals surface area contributed by atoms with Crippen LogP contribution in [0, 0.1) is 0 Å². The molecule has 0 aromatic carbocycles. The second-order valence-corrected chi connectivity index (χ2v) is 2.04. The third-order valence-corrected chi connectivity index (χ3v) is 1.26. The van der Waals surface area contributed by atoms with Crippen LogP contribution in [-0.2, 0) is 9.59 Å². The fraction of sp³-hybridized carbons (Fsp3) is 0.400. The van der Waals surface area contributed by atoms with Gasteiger partial charge in [0.05, 0.1) is 11.6 Å². The van der Waals surface area contributed by atoms with Gasteiger partial charge in [0.15, 0.2) is 0 Å². The molecule has 0 aromatic rings. The SMILES string of the molecule is O=C1CC(N=C=S)C(=O)N1. The van der Waals surface area contributed by atoms with Crippen molar-refractivity contribution in [1.82, 2.24) is 5.32 Å². The Bertz CT molecular complexity index is 232. The third-order valence-electron chi connectivity index (χ3n) is 1.15. The summed E-state index contributed by atoms with van der Waals surface area (Å²) in [5, 5.41) is 4.15. The Morgan fingerprint density at radius 2 is 2.40 bits per heavy atom. The molecule has 0 aromatic heterocycles. The van der Waals surface area contributed by atoms with Gasteiger partial charge in [0.1, 0.15) is 6.04 Å².